The first-order chi connectivity index (χ1) is 5.83. The van der Waals surface area contributed by atoms with E-state index in [0.717, 1.165) is 5.56 Å². The van der Waals surface area contributed by atoms with Crippen LogP contribution in [0.5, 0.6) is 0 Å². The summed E-state index contributed by atoms with van der Waals surface area (Å²) < 4.78 is 11.3. The maximum absolute atomic E-state index is 11.3. The van der Waals surface area contributed by atoms with E-state index in [1.54, 1.807) is 0 Å². The van der Waals surface area contributed by atoms with Gasteiger partial charge in [0.25, 0.3) is 0 Å². The fourth-order valence-electron chi connectivity index (χ4n) is 0.907. The van der Waals surface area contributed by atoms with Crippen LogP contribution in [0, 0.1) is 5.21 Å². The molecule has 0 N–H and O–H groups in total. The minimum absolute atomic E-state index is 0.0347. The Balaban J connectivity index is 2.44. The van der Waals surface area contributed by atoms with E-state index < -0.39 is 0 Å². The van der Waals surface area contributed by atoms with Crippen molar-refractivity contribution >= 4 is 0 Å². The Morgan fingerprint density at radius 1 is 1.33 bits per heavy atom. The molecule has 4 heteroatoms. The third-order valence-electron chi connectivity index (χ3n) is 1.52. The standard InChI is InChI=1S/C8H9FN2O/c9-10-11(12)7-6-8-4-2-1-3-5-8/h1-5H,6-7H2/b11-10-. The zero-order valence-corrected chi connectivity index (χ0v) is 6.48. The number of rotatable bonds is 3. The molecule has 0 unspecified atom stereocenters. The lowest BCUT2D eigenvalue weighted by Gasteiger charge is -1.97. The maximum Gasteiger partial charge on any atom is 0.191 e. The highest BCUT2D eigenvalue weighted by Gasteiger charge is 1.97. The number of nitrogens with zero attached hydrogens (tertiary/aromatic N) is 2. The van der Waals surface area contributed by atoms with Gasteiger partial charge in [-0.05, 0) is 10.0 Å². The second-order valence-electron chi connectivity index (χ2n) is 2.39. The Labute approximate surface area is 69.7 Å². The molecule has 0 radical (unpaired) electrons. The quantitative estimate of drug-likeness (QED) is 0.387. The zero-order valence-electron chi connectivity index (χ0n) is 6.48. The normalized spacial score (nSPS) is 11.6. The molecular weight excluding hydrogens is 159 g/mol. The van der Waals surface area contributed by atoms with E-state index in [1.807, 2.05) is 35.7 Å². The average molecular weight is 168 g/mol. The van der Waals surface area contributed by atoms with Crippen LogP contribution in [-0.4, -0.2) is 11.4 Å². The molecule has 0 spiro atoms. The van der Waals surface area contributed by atoms with Gasteiger partial charge in [-0.2, -0.15) is 0 Å². The second kappa shape index (κ2) is 4.43. The Bertz CT molecular complexity index is 261. The van der Waals surface area contributed by atoms with Crippen molar-refractivity contribution in [2.45, 2.75) is 6.42 Å². The van der Waals surface area contributed by atoms with Crippen molar-refractivity contribution in [3.8, 4) is 0 Å². The van der Waals surface area contributed by atoms with E-state index in [9.17, 15) is 9.69 Å². The highest BCUT2D eigenvalue weighted by Crippen LogP contribution is 1.99. The van der Waals surface area contributed by atoms with Crippen LogP contribution in [0.4, 0.5) is 4.48 Å². The molecule has 0 amide bonds. The van der Waals surface area contributed by atoms with E-state index in [0.29, 0.717) is 6.42 Å². The van der Waals surface area contributed by atoms with Gasteiger partial charge in [0.2, 0.25) is 0 Å². The molecule has 0 aliphatic rings. The molecule has 0 aliphatic carbocycles. The molecular formula is C8H9FN2O. The van der Waals surface area contributed by atoms with Gasteiger partial charge < -0.3 is 5.21 Å². The molecule has 0 saturated heterocycles. The van der Waals surface area contributed by atoms with Crippen molar-refractivity contribution in [1.82, 2.24) is 0 Å². The molecule has 0 bridgehead atoms. The fourth-order valence-corrected chi connectivity index (χ4v) is 0.907. The molecule has 1 rings (SSSR count). The second-order valence-corrected chi connectivity index (χ2v) is 2.39. The first kappa shape index (κ1) is 8.64. The zero-order chi connectivity index (χ0) is 8.81. The van der Waals surface area contributed by atoms with Crippen molar-refractivity contribution in [1.29, 1.82) is 0 Å². The summed E-state index contributed by atoms with van der Waals surface area (Å²) >= 11 is 0. The predicted octanol–water partition coefficient (Wildman–Crippen LogP) is 2.08. The molecule has 0 atom stereocenters. The SMILES string of the molecule is [O-]/[N+](CCc1ccccc1)=N\F. The molecule has 1 aromatic rings. The highest BCUT2D eigenvalue weighted by atomic mass is 19.2. The van der Waals surface area contributed by atoms with Crippen molar-refractivity contribution in [3.05, 3.63) is 41.1 Å². The third-order valence-corrected chi connectivity index (χ3v) is 1.52. The first-order valence-electron chi connectivity index (χ1n) is 3.63. The van der Waals surface area contributed by atoms with Crippen molar-refractivity contribution in [2.24, 2.45) is 5.34 Å². The monoisotopic (exact) mass is 168 g/mol. The Morgan fingerprint density at radius 2 is 2.00 bits per heavy atom. The van der Waals surface area contributed by atoms with E-state index in [4.69, 9.17) is 0 Å². The summed E-state index contributed by atoms with van der Waals surface area (Å²) in [5.74, 6) is 0. The summed E-state index contributed by atoms with van der Waals surface area (Å²) in [4.78, 5) is 0.0347. The minimum Gasteiger partial charge on any atom is -0.598 e. The van der Waals surface area contributed by atoms with Crippen LogP contribution in [0.3, 0.4) is 0 Å². The lowest BCUT2D eigenvalue weighted by molar-refractivity contribution is -0.546. The van der Waals surface area contributed by atoms with Crippen LogP contribution in [0.25, 0.3) is 0 Å². The average Bonchev–Trinajstić information content (AvgIpc) is 2.16. The molecule has 0 saturated carbocycles. The van der Waals surface area contributed by atoms with Crippen molar-refractivity contribution < 1.29 is 9.34 Å². The molecule has 64 valence electrons. The van der Waals surface area contributed by atoms with Gasteiger partial charge in [-0.25, -0.2) is 0 Å². The van der Waals surface area contributed by atoms with Gasteiger partial charge in [0, 0.05) is 6.42 Å². The highest BCUT2D eigenvalue weighted by molar-refractivity contribution is 5.14. The van der Waals surface area contributed by atoms with Crippen molar-refractivity contribution in [3.63, 3.8) is 0 Å². The fraction of sp³-hybridized carbons (Fsp3) is 0.250. The Morgan fingerprint density at radius 3 is 2.58 bits per heavy atom. The topological polar surface area (TPSA) is 38.4 Å². The summed E-state index contributed by atoms with van der Waals surface area (Å²) in [6, 6.07) is 9.39. The van der Waals surface area contributed by atoms with Crippen LogP contribution in [0.2, 0.25) is 0 Å². The van der Waals surface area contributed by atoms with Gasteiger partial charge in [-0.3, -0.25) is 0 Å². The molecule has 0 aromatic heterocycles. The Kier molecular flexibility index (Phi) is 3.19. The summed E-state index contributed by atoms with van der Waals surface area (Å²) in [7, 11) is 0. The maximum atomic E-state index is 11.3. The largest absolute Gasteiger partial charge is 0.598 e. The van der Waals surface area contributed by atoms with E-state index >= 15 is 0 Å². The van der Waals surface area contributed by atoms with Gasteiger partial charge in [-0.15, -0.1) is 0 Å². The van der Waals surface area contributed by atoms with Crippen LogP contribution < -0.4 is 0 Å². The third kappa shape index (κ3) is 2.65. The molecule has 3 nitrogen and oxygen atoms in total. The summed E-state index contributed by atoms with van der Waals surface area (Å²) in [5, 5.41) is 12.3. The number of halogens is 1. The number of hydroxylamine groups is 1. The van der Waals surface area contributed by atoms with Crippen LogP contribution in [-0.2, 0) is 6.42 Å². The molecule has 0 heterocycles. The number of benzene rings is 1. The summed E-state index contributed by atoms with van der Waals surface area (Å²) in [6.07, 6.45) is 0.512. The van der Waals surface area contributed by atoms with Crippen LogP contribution in [0.1, 0.15) is 5.56 Å². The summed E-state index contributed by atoms with van der Waals surface area (Å²) in [6.45, 7) is 0.0561. The van der Waals surface area contributed by atoms with Gasteiger partial charge in [0.1, 0.15) is 0 Å². The van der Waals surface area contributed by atoms with Crippen molar-refractivity contribution in [2.75, 3.05) is 6.54 Å². The predicted molar refractivity (Wildman–Crippen MR) is 42.2 cm³/mol. The molecule has 12 heavy (non-hydrogen) atoms. The smallest absolute Gasteiger partial charge is 0.191 e. The number of hydrogen-bond acceptors (Lipinski definition) is 2. The Hall–Kier alpha value is -1.45. The van der Waals surface area contributed by atoms with Gasteiger partial charge in [0.05, 0.1) is 0 Å². The lowest BCUT2D eigenvalue weighted by Crippen LogP contribution is -2.04. The minimum atomic E-state index is 0.0347. The summed E-state index contributed by atoms with van der Waals surface area (Å²) in [5.41, 5.74) is 1.00. The van der Waals surface area contributed by atoms with Crippen LogP contribution >= 0.6 is 0 Å². The lowest BCUT2D eigenvalue weighted by atomic mass is 10.2. The molecule has 1 aromatic carbocycles. The first-order valence-corrected chi connectivity index (χ1v) is 3.63. The van der Waals surface area contributed by atoms with Gasteiger partial charge >= 0.3 is 0 Å². The van der Waals surface area contributed by atoms with Gasteiger partial charge in [0.15, 0.2) is 11.9 Å². The van der Waals surface area contributed by atoms with Gasteiger partial charge in [-0.1, -0.05) is 35.2 Å². The van der Waals surface area contributed by atoms with E-state index in [-0.39, 0.29) is 11.4 Å². The van der Waals surface area contributed by atoms with E-state index in [2.05, 4.69) is 0 Å². The molecule has 0 fully saturated rings. The molecule has 0 aliphatic heterocycles. The number of hydrogen-bond donors (Lipinski definition) is 0. The van der Waals surface area contributed by atoms with E-state index in [1.165, 1.54) is 0 Å². The van der Waals surface area contributed by atoms with Crippen LogP contribution in [0.15, 0.2) is 35.7 Å².